The molecule has 1 aromatic heterocycles. The van der Waals surface area contributed by atoms with E-state index in [-0.39, 0.29) is 18.1 Å². The van der Waals surface area contributed by atoms with E-state index in [9.17, 15) is 13.2 Å². The first-order chi connectivity index (χ1) is 7.33. The predicted octanol–water partition coefficient (Wildman–Crippen LogP) is 1.17. The monoisotopic (exact) mass is 263 g/mol. The summed E-state index contributed by atoms with van der Waals surface area (Å²) in [5.74, 6) is -0.645. The number of esters is 1. The van der Waals surface area contributed by atoms with Gasteiger partial charge in [-0.1, -0.05) is 0 Å². The number of nitrogens with zero attached hydrogens (tertiary/aromatic N) is 1. The molecule has 5 nitrogen and oxygen atoms in total. The van der Waals surface area contributed by atoms with Crippen molar-refractivity contribution in [1.82, 2.24) is 4.98 Å². The summed E-state index contributed by atoms with van der Waals surface area (Å²) in [6.45, 7) is 3.70. The molecular weight excluding hydrogens is 250 g/mol. The molecule has 0 N–H and O–H groups in total. The van der Waals surface area contributed by atoms with Crippen molar-refractivity contribution in [3.63, 3.8) is 0 Å². The second kappa shape index (κ2) is 4.92. The number of rotatable bonds is 4. The van der Waals surface area contributed by atoms with Gasteiger partial charge in [-0.2, -0.15) is 0 Å². The van der Waals surface area contributed by atoms with Gasteiger partial charge in [-0.05, 0) is 13.8 Å². The zero-order valence-corrected chi connectivity index (χ0v) is 10.9. The van der Waals surface area contributed by atoms with E-state index < -0.39 is 15.8 Å². The number of carbonyl (C=O) groups is 1. The van der Waals surface area contributed by atoms with Crippen molar-refractivity contribution in [1.29, 1.82) is 0 Å². The number of ether oxygens (including phenoxy) is 1. The third kappa shape index (κ3) is 3.57. The van der Waals surface area contributed by atoms with E-state index in [0.29, 0.717) is 9.88 Å². The number of hydrogen-bond donors (Lipinski definition) is 0. The van der Waals surface area contributed by atoms with Gasteiger partial charge in [0.1, 0.15) is 10.8 Å². The highest BCUT2D eigenvalue weighted by Crippen LogP contribution is 2.20. The lowest BCUT2D eigenvalue weighted by molar-refractivity contribution is 0.0519. The first kappa shape index (κ1) is 13.1. The molecule has 0 saturated heterocycles. The van der Waals surface area contributed by atoms with Gasteiger partial charge < -0.3 is 4.74 Å². The maximum absolute atomic E-state index is 11.4. The van der Waals surface area contributed by atoms with Gasteiger partial charge in [-0.15, -0.1) is 11.3 Å². The third-order valence-corrected chi connectivity index (χ3v) is 3.65. The molecule has 0 aliphatic heterocycles. The molecule has 90 valence electrons. The largest absolute Gasteiger partial charge is 0.461 e. The first-order valence-electron chi connectivity index (χ1n) is 4.64. The van der Waals surface area contributed by atoms with Gasteiger partial charge >= 0.3 is 5.97 Å². The number of sulfone groups is 1. The maximum atomic E-state index is 11.4. The number of hydrogen-bond acceptors (Lipinski definition) is 6. The second-order valence-electron chi connectivity index (χ2n) is 3.30. The molecule has 1 aromatic rings. The van der Waals surface area contributed by atoms with Crippen molar-refractivity contribution >= 4 is 27.1 Å². The predicted molar refractivity (Wildman–Crippen MR) is 61.4 cm³/mol. The van der Waals surface area contributed by atoms with Crippen LogP contribution in [0.25, 0.3) is 0 Å². The van der Waals surface area contributed by atoms with Gasteiger partial charge in [-0.3, -0.25) is 0 Å². The minimum absolute atomic E-state index is 0.141. The van der Waals surface area contributed by atoms with Crippen LogP contribution in [0, 0.1) is 6.92 Å². The van der Waals surface area contributed by atoms with Gasteiger partial charge in [0.25, 0.3) is 0 Å². The van der Waals surface area contributed by atoms with Crippen molar-refractivity contribution < 1.29 is 17.9 Å². The Morgan fingerprint density at radius 2 is 2.12 bits per heavy atom. The summed E-state index contributed by atoms with van der Waals surface area (Å²) in [5, 5.41) is 0.419. The highest BCUT2D eigenvalue weighted by atomic mass is 32.2. The number of aromatic nitrogens is 1. The average molecular weight is 263 g/mol. The molecule has 0 saturated carbocycles. The Hall–Kier alpha value is -0.950. The SMILES string of the molecule is CCOC(=O)c1nc(CS(C)(=O)=O)sc1C. The van der Waals surface area contributed by atoms with Crippen LogP contribution in [-0.4, -0.2) is 32.2 Å². The van der Waals surface area contributed by atoms with Crippen molar-refractivity contribution in [2.75, 3.05) is 12.9 Å². The van der Waals surface area contributed by atoms with E-state index in [1.165, 1.54) is 11.3 Å². The van der Waals surface area contributed by atoms with E-state index in [0.717, 1.165) is 6.26 Å². The van der Waals surface area contributed by atoms with E-state index in [1.807, 2.05) is 0 Å². The quantitative estimate of drug-likeness (QED) is 0.762. The van der Waals surface area contributed by atoms with E-state index in [1.54, 1.807) is 13.8 Å². The summed E-state index contributed by atoms with van der Waals surface area (Å²) in [4.78, 5) is 16.1. The Balaban J connectivity index is 2.94. The Bertz CT molecular complexity index is 490. The number of aryl methyl sites for hydroxylation is 1. The van der Waals surface area contributed by atoms with Gasteiger partial charge in [-0.25, -0.2) is 18.2 Å². The van der Waals surface area contributed by atoms with E-state index >= 15 is 0 Å². The molecule has 0 fully saturated rings. The summed E-state index contributed by atoms with van der Waals surface area (Å²) >= 11 is 1.20. The number of thiazole rings is 1. The zero-order chi connectivity index (χ0) is 12.3. The molecule has 0 aliphatic rings. The lowest BCUT2D eigenvalue weighted by Crippen LogP contribution is -2.07. The van der Waals surface area contributed by atoms with Crippen LogP contribution in [0.2, 0.25) is 0 Å². The summed E-state index contributed by atoms with van der Waals surface area (Å²) < 4.78 is 26.9. The Kier molecular flexibility index (Phi) is 4.03. The standard InChI is InChI=1S/C9H13NO4S2/c1-4-14-9(11)8-6(2)15-7(10-8)5-16(3,12)13/h4-5H2,1-3H3. The molecule has 0 atom stereocenters. The molecule has 0 spiro atoms. The Labute approximate surface area is 98.4 Å². The van der Waals surface area contributed by atoms with Crippen LogP contribution in [0.3, 0.4) is 0 Å². The first-order valence-corrected chi connectivity index (χ1v) is 7.52. The second-order valence-corrected chi connectivity index (χ2v) is 6.73. The molecule has 1 heterocycles. The van der Waals surface area contributed by atoms with Crippen molar-refractivity contribution in [2.45, 2.75) is 19.6 Å². The fourth-order valence-electron chi connectivity index (χ4n) is 1.13. The van der Waals surface area contributed by atoms with Crippen molar-refractivity contribution in [3.8, 4) is 0 Å². The van der Waals surface area contributed by atoms with E-state index in [2.05, 4.69) is 4.98 Å². The summed E-state index contributed by atoms with van der Waals surface area (Å²) in [6, 6.07) is 0. The van der Waals surface area contributed by atoms with Crippen LogP contribution < -0.4 is 0 Å². The average Bonchev–Trinajstić information content (AvgIpc) is 2.44. The molecule has 0 aromatic carbocycles. The van der Waals surface area contributed by atoms with Crippen LogP contribution >= 0.6 is 11.3 Å². The van der Waals surface area contributed by atoms with Gasteiger partial charge in [0, 0.05) is 11.1 Å². The van der Waals surface area contributed by atoms with Crippen molar-refractivity contribution in [3.05, 3.63) is 15.6 Å². The lowest BCUT2D eigenvalue weighted by Gasteiger charge is -1.97. The molecule has 0 bridgehead atoms. The van der Waals surface area contributed by atoms with Crippen LogP contribution in [0.4, 0.5) is 0 Å². The molecule has 1 rings (SSSR count). The summed E-state index contributed by atoms with van der Waals surface area (Å²) in [6.07, 6.45) is 1.13. The zero-order valence-electron chi connectivity index (χ0n) is 9.31. The minimum Gasteiger partial charge on any atom is -0.461 e. The topological polar surface area (TPSA) is 73.3 Å². The Morgan fingerprint density at radius 3 is 2.62 bits per heavy atom. The fourth-order valence-corrected chi connectivity index (χ4v) is 3.23. The minimum atomic E-state index is -3.12. The summed E-state index contributed by atoms with van der Waals surface area (Å²) in [7, 11) is -3.12. The highest BCUT2D eigenvalue weighted by Gasteiger charge is 2.18. The lowest BCUT2D eigenvalue weighted by atomic mass is 10.4. The maximum Gasteiger partial charge on any atom is 0.358 e. The van der Waals surface area contributed by atoms with E-state index in [4.69, 9.17) is 4.74 Å². The third-order valence-electron chi connectivity index (χ3n) is 1.70. The molecule has 0 radical (unpaired) electrons. The molecule has 0 aliphatic carbocycles. The van der Waals surface area contributed by atoms with Crippen molar-refractivity contribution in [2.24, 2.45) is 0 Å². The van der Waals surface area contributed by atoms with Crippen LogP contribution in [-0.2, 0) is 20.3 Å². The van der Waals surface area contributed by atoms with Gasteiger partial charge in [0.2, 0.25) is 0 Å². The normalized spacial score (nSPS) is 11.4. The molecule has 0 unspecified atom stereocenters. The molecule has 0 amide bonds. The molecule has 7 heteroatoms. The molecule has 16 heavy (non-hydrogen) atoms. The fraction of sp³-hybridized carbons (Fsp3) is 0.556. The van der Waals surface area contributed by atoms with Crippen LogP contribution in [0.15, 0.2) is 0 Å². The highest BCUT2D eigenvalue weighted by molar-refractivity contribution is 7.90. The van der Waals surface area contributed by atoms with Crippen LogP contribution in [0.1, 0.15) is 27.3 Å². The summed E-state index contributed by atoms with van der Waals surface area (Å²) in [5.41, 5.74) is 0.213. The van der Waals surface area contributed by atoms with Gasteiger partial charge in [0.15, 0.2) is 15.5 Å². The van der Waals surface area contributed by atoms with Gasteiger partial charge in [0.05, 0.1) is 6.61 Å². The Morgan fingerprint density at radius 1 is 1.50 bits per heavy atom. The number of carbonyl (C=O) groups excluding carboxylic acids is 1. The van der Waals surface area contributed by atoms with Crippen LogP contribution in [0.5, 0.6) is 0 Å². The molecular formula is C9H13NO4S2. The smallest absolute Gasteiger partial charge is 0.358 e.